The van der Waals surface area contributed by atoms with E-state index in [2.05, 4.69) is 15.1 Å². The Labute approximate surface area is 153 Å². The molecule has 130 valence electrons. The van der Waals surface area contributed by atoms with Gasteiger partial charge in [-0.3, -0.25) is 4.98 Å². The molecule has 0 saturated heterocycles. The molecular weight excluding hydrogens is 350 g/mol. The van der Waals surface area contributed by atoms with Crippen LogP contribution in [-0.2, 0) is 4.74 Å². The summed E-state index contributed by atoms with van der Waals surface area (Å²) in [6.07, 6.45) is 3.46. The summed E-state index contributed by atoms with van der Waals surface area (Å²) in [4.78, 5) is 22.2. The van der Waals surface area contributed by atoms with Gasteiger partial charge in [0.1, 0.15) is 5.69 Å². The van der Waals surface area contributed by atoms with Crippen LogP contribution in [0.5, 0.6) is 0 Å². The maximum atomic E-state index is 12.6. The Kier molecular flexibility index (Phi) is 4.22. The van der Waals surface area contributed by atoms with Crippen LogP contribution in [0.2, 0.25) is 0 Å². The van der Waals surface area contributed by atoms with Crippen molar-refractivity contribution < 1.29 is 14.1 Å². The SMILES string of the molecule is CCOC(=O)c1cc(-c2cncc(C)c2)nc2onc(-c3cccs3)c12. The fraction of sp³-hybridized carbons (Fsp3) is 0.158. The number of pyridine rings is 2. The summed E-state index contributed by atoms with van der Waals surface area (Å²) in [5.41, 5.74) is 3.67. The minimum absolute atomic E-state index is 0.281. The number of thiophene rings is 1. The van der Waals surface area contributed by atoms with Gasteiger partial charge in [0.2, 0.25) is 0 Å². The monoisotopic (exact) mass is 365 g/mol. The maximum absolute atomic E-state index is 12.6. The Balaban J connectivity index is 1.97. The van der Waals surface area contributed by atoms with Crippen LogP contribution < -0.4 is 0 Å². The van der Waals surface area contributed by atoms with Gasteiger partial charge in [-0.25, -0.2) is 9.78 Å². The predicted octanol–water partition coefficient (Wildman–Crippen LogP) is 4.50. The van der Waals surface area contributed by atoms with E-state index in [9.17, 15) is 4.79 Å². The third-order valence-corrected chi connectivity index (χ3v) is 4.74. The first-order valence-electron chi connectivity index (χ1n) is 8.11. The Morgan fingerprint density at radius 2 is 2.19 bits per heavy atom. The first kappa shape index (κ1) is 16.4. The average Bonchev–Trinajstić information content (AvgIpc) is 3.30. The van der Waals surface area contributed by atoms with E-state index >= 15 is 0 Å². The first-order valence-corrected chi connectivity index (χ1v) is 8.98. The van der Waals surface area contributed by atoms with Gasteiger partial charge in [-0.2, -0.15) is 0 Å². The third kappa shape index (κ3) is 2.86. The van der Waals surface area contributed by atoms with E-state index in [1.807, 2.05) is 30.5 Å². The second-order valence-electron chi connectivity index (χ2n) is 5.72. The van der Waals surface area contributed by atoms with Gasteiger partial charge in [-0.1, -0.05) is 11.2 Å². The van der Waals surface area contributed by atoms with E-state index in [-0.39, 0.29) is 6.61 Å². The van der Waals surface area contributed by atoms with E-state index in [4.69, 9.17) is 9.26 Å². The second-order valence-corrected chi connectivity index (χ2v) is 6.66. The molecule has 0 spiro atoms. The number of fused-ring (bicyclic) bond motifs is 1. The van der Waals surface area contributed by atoms with Gasteiger partial charge in [-0.15, -0.1) is 11.3 Å². The summed E-state index contributed by atoms with van der Waals surface area (Å²) in [5.74, 6) is -0.428. The van der Waals surface area contributed by atoms with Crippen LogP contribution in [0.25, 0.3) is 32.9 Å². The molecule has 7 heteroatoms. The van der Waals surface area contributed by atoms with Crippen LogP contribution in [0.15, 0.2) is 46.6 Å². The highest BCUT2D eigenvalue weighted by Gasteiger charge is 2.23. The molecule has 0 aliphatic carbocycles. The van der Waals surface area contributed by atoms with Crippen LogP contribution in [0.1, 0.15) is 22.8 Å². The summed E-state index contributed by atoms with van der Waals surface area (Å²) in [5, 5.41) is 6.65. The molecule has 0 unspecified atom stereocenters. The topological polar surface area (TPSA) is 78.1 Å². The van der Waals surface area contributed by atoms with Crippen molar-refractivity contribution in [3.63, 3.8) is 0 Å². The number of aromatic nitrogens is 3. The Hall–Kier alpha value is -3.06. The quantitative estimate of drug-likeness (QED) is 0.496. The Morgan fingerprint density at radius 3 is 2.92 bits per heavy atom. The van der Waals surface area contributed by atoms with Crippen molar-refractivity contribution in [2.45, 2.75) is 13.8 Å². The molecule has 26 heavy (non-hydrogen) atoms. The highest BCUT2D eigenvalue weighted by Crippen LogP contribution is 2.34. The van der Waals surface area contributed by atoms with Gasteiger partial charge in [-0.05, 0) is 43.0 Å². The summed E-state index contributed by atoms with van der Waals surface area (Å²) in [6, 6.07) is 7.51. The van der Waals surface area contributed by atoms with E-state index in [0.717, 1.165) is 16.0 Å². The van der Waals surface area contributed by atoms with Crippen LogP contribution in [0.3, 0.4) is 0 Å². The zero-order chi connectivity index (χ0) is 18.1. The molecule has 0 saturated carbocycles. The molecule has 4 aromatic heterocycles. The summed E-state index contributed by atoms with van der Waals surface area (Å²) in [6.45, 7) is 4.00. The molecule has 0 atom stereocenters. The summed E-state index contributed by atoms with van der Waals surface area (Å²) >= 11 is 1.52. The van der Waals surface area contributed by atoms with Crippen molar-refractivity contribution in [2.24, 2.45) is 0 Å². The molecule has 4 aromatic rings. The highest BCUT2D eigenvalue weighted by atomic mass is 32.1. The van der Waals surface area contributed by atoms with Gasteiger partial charge >= 0.3 is 5.97 Å². The molecule has 6 nitrogen and oxygen atoms in total. The van der Waals surface area contributed by atoms with E-state index in [1.54, 1.807) is 25.4 Å². The first-order chi connectivity index (χ1) is 12.7. The maximum Gasteiger partial charge on any atom is 0.339 e. The molecule has 4 rings (SSSR count). The summed E-state index contributed by atoms with van der Waals surface area (Å²) in [7, 11) is 0. The van der Waals surface area contributed by atoms with Gasteiger partial charge in [0.05, 0.1) is 28.1 Å². The van der Waals surface area contributed by atoms with Crippen LogP contribution in [0.4, 0.5) is 0 Å². The smallest absolute Gasteiger partial charge is 0.339 e. The summed E-state index contributed by atoms with van der Waals surface area (Å²) < 4.78 is 10.7. The van der Waals surface area contributed by atoms with Crippen molar-refractivity contribution in [1.82, 2.24) is 15.1 Å². The van der Waals surface area contributed by atoms with E-state index in [1.165, 1.54) is 11.3 Å². The van der Waals surface area contributed by atoms with Crippen molar-refractivity contribution in [2.75, 3.05) is 6.61 Å². The number of hydrogen-bond acceptors (Lipinski definition) is 7. The minimum Gasteiger partial charge on any atom is -0.462 e. The number of aryl methyl sites for hydroxylation is 1. The van der Waals surface area contributed by atoms with Crippen LogP contribution >= 0.6 is 11.3 Å². The number of nitrogens with zero attached hydrogens (tertiary/aromatic N) is 3. The molecule has 0 bridgehead atoms. The molecule has 0 amide bonds. The van der Waals surface area contributed by atoms with Crippen LogP contribution in [-0.4, -0.2) is 27.7 Å². The van der Waals surface area contributed by atoms with Crippen LogP contribution in [0, 0.1) is 6.92 Å². The molecule has 0 aliphatic heterocycles. The lowest BCUT2D eigenvalue weighted by Crippen LogP contribution is -2.06. The Morgan fingerprint density at radius 1 is 1.31 bits per heavy atom. The highest BCUT2D eigenvalue weighted by molar-refractivity contribution is 7.13. The van der Waals surface area contributed by atoms with Crippen molar-refractivity contribution in [3.8, 4) is 21.8 Å². The molecule has 0 aliphatic rings. The fourth-order valence-electron chi connectivity index (χ4n) is 2.75. The average molecular weight is 365 g/mol. The van der Waals surface area contributed by atoms with Gasteiger partial charge in [0.25, 0.3) is 5.71 Å². The fourth-order valence-corrected chi connectivity index (χ4v) is 3.46. The minimum atomic E-state index is -0.428. The normalized spacial score (nSPS) is 11.0. The largest absolute Gasteiger partial charge is 0.462 e. The molecule has 4 heterocycles. The van der Waals surface area contributed by atoms with Crippen molar-refractivity contribution >= 4 is 28.4 Å². The molecular formula is C19H15N3O3S. The van der Waals surface area contributed by atoms with E-state index < -0.39 is 5.97 Å². The van der Waals surface area contributed by atoms with Crippen molar-refractivity contribution in [3.05, 3.63) is 53.2 Å². The lowest BCUT2D eigenvalue weighted by Gasteiger charge is -2.07. The second kappa shape index (κ2) is 6.68. The molecule has 0 radical (unpaired) electrons. The predicted molar refractivity (Wildman–Crippen MR) is 99.0 cm³/mol. The zero-order valence-corrected chi connectivity index (χ0v) is 15.0. The number of ether oxygens (including phenoxy) is 1. The standard InChI is InChI=1S/C19H15N3O3S/c1-3-24-19(23)13-8-14(12-7-11(2)9-20-10-12)21-18-16(13)17(22-25-18)15-5-4-6-26-15/h4-10H,3H2,1-2H3. The zero-order valence-electron chi connectivity index (χ0n) is 14.2. The number of carbonyl (C=O) groups excluding carboxylic acids is 1. The van der Waals surface area contributed by atoms with Crippen molar-refractivity contribution in [1.29, 1.82) is 0 Å². The Bertz CT molecular complexity index is 1090. The lowest BCUT2D eigenvalue weighted by molar-refractivity contribution is 0.0528. The van der Waals surface area contributed by atoms with Gasteiger partial charge < -0.3 is 9.26 Å². The number of esters is 1. The third-order valence-electron chi connectivity index (χ3n) is 3.87. The lowest BCUT2D eigenvalue weighted by atomic mass is 10.1. The molecule has 0 fully saturated rings. The van der Waals surface area contributed by atoms with Gasteiger partial charge in [0, 0.05) is 18.0 Å². The number of carbonyl (C=O) groups is 1. The van der Waals surface area contributed by atoms with Gasteiger partial charge in [0.15, 0.2) is 0 Å². The number of rotatable bonds is 4. The number of hydrogen-bond donors (Lipinski definition) is 0. The molecule has 0 aromatic carbocycles. The van der Waals surface area contributed by atoms with E-state index in [0.29, 0.717) is 28.1 Å². The molecule has 0 N–H and O–H groups in total.